The van der Waals surface area contributed by atoms with Crippen molar-refractivity contribution in [1.82, 2.24) is 4.23 Å². The first-order valence-corrected chi connectivity index (χ1v) is 20.5. The van der Waals surface area contributed by atoms with E-state index in [0.717, 1.165) is 11.9 Å². The Balaban J connectivity index is 5.49. The van der Waals surface area contributed by atoms with Gasteiger partial charge in [0, 0.05) is 17.2 Å². The van der Waals surface area contributed by atoms with Crippen molar-refractivity contribution in [3.8, 4) is 0 Å². The van der Waals surface area contributed by atoms with Crippen LogP contribution < -0.4 is 0 Å². The molecule has 0 saturated heterocycles. The predicted molar refractivity (Wildman–Crippen MR) is 132 cm³/mol. The van der Waals surface area contributed by atoms with Gasteiger partial charge in [-0.05, 0) is 62.8 Å². The summed E-state index contributed by atoms with van der Waals surface area (Å²) in [6.07, 6.45) is 0. The van der Waals surface area contributed by atoms with Gasteiger partial charge >= 0.3 is 0 Å². The van der Waals surface area contributed by atoms with Gasteiger partial charge in [-0.25, -0.2) is 0 Å². The molecule has 0 saturated carbocycles. The quantitative estimate of drug-likeness (QED) is 0.252. The Hall–Kier alpha value is 0.921. The summed E-state index contributed by atoms with van der Waals surface area (Å²) in [6, 6.07) is 8.53. The highest BCUT2D eigenvalue weighted by Gasteiger charge is 2.46. The molecule has 0 aliphatic rings. The molecule has 0 aliphatic heterocycles. The third-order valence-corrected chi connectivity index (χ3v) is 25.4. The van der Waals surface area contributed by atoms with Crippen molar-refractivity contribution >= 4 is 36.6 Å². The van der Waals surface area contributed by atoms with Gasteiger partial charge in [0.1, 0.15) is 16.5 Å². The molecule has 0 aromatic carbocycles. The molecule has 0 aromatic rings. The molecule has 26 heavy (non-hydrogen) atoms. The largest absolute Gasteiger partial charge is 0.417 e. The van der Waals surface area contributed by atoms with Crippen molar-refractivity contribution in [1.29, 1.82) is 0 Å². The maximum atomic E-state index is 6.07. The van der Waals surface area contributed by atoms with Crippen LogP contribution in [-0.2, 0) is 4.43 Å². The van der Waals surface area contributed by atoms with E-state index in [1.807, 2.05) is 0 Å². The van der Waals surface area contributed by atoms with Crippen LogP contribution in [0.15, 0.2) is 0 Å². The lowest BCUT2D eigenvalue weighted by molar-refractivity contribution is 0.333. The van der Waals surface area contributed by atoms with Crippen LogP contribution in [0.4, 0.5) is 0 Å². The van der Waals surface area contributed by atoms with E-state index in [9.17, 15) is 0 Å². The predicted octanol–water partition coefficient (Wildman–Crippen LogP) is 7.20. The van der Waals surface area contributed by atoms with E-state index >= 15 is 0 Å². The Morgan fingerprint density at radius 2 is 1.15 bits per heavy atom. The van der Waals surface area contributed by atoms with Crippen LogP contribution in [0.5, 0.6) is 0 Å². The second kappa shape index (κ2) is 12.5. The van der Waals surface area contributed by atoms with Gasteiger partial charge in [0.25, 0.3) is 0 Å². The smallest absolute Gasteiger partial charge is 0.196 e. The zero-order valence-electron chi connectivity index (χ0n) is 19.7. The molecule has 0 bridgehead atoms. The summed E-state index contributed by atoms with van der Waals surface area (Å²) in [5.41, 5.74) is 0. The zero-order chi connectivity index (χ0) is 20.4. The minimum atomic E-state index is -1.49. The van der Waals surface area contributed by atoms with Gasteiger partial charge in [0.05, 0.1) is 0 Å². The average molecular weight is 436 g/mol. The zero-order valence-corrected chi connectivity index (χ0v) is 23.5. The Kier molecular flexibility index (Phi) is 12.9. The van der Waals surface area contributed by atoms with Gasteiger partial charge in [-0.2, -0.15) is 11.8 Å². The van der Waals surface area contributed by atoms with Crippen LogP contribution >= 0.6 is 11.8 Å². The number of hydrogen-bond acceptors (Lipinski definition) is 3. The molecule has 0 rings (SSSR count). The summed E-state index contributed by atoms with van der Waals surface area (Å²) in [4.78, 5) is 0. The van der Waals surface area contributed by atoms with Crippen LogP contribution in [0.3, 0.4) is 0 Å². The molecule has 158 valence electrons. The van der Waals surface area contributed by atoms with Crippen LogP contribution in [-0.4, -0.2) is 52.8 Å². The molecule has 0 spiro atoms. The van der Waals surface area contributed by atoms with Crippen LogP contribution in [0.2, 0.25) is 49.4 Å². The highest BCUT2D eigenvalue weighted by molar-refractivity contribution is 8.01. The number of rotatable bonds is 15. The second-order valence-electron chi connectivity index (χ2n) is 8.49. The molecule has 0 amide bonds. The van der Waals surface area contributed by atoms with Gasteiger partial charge in [-0.3, -0.25) is 0 Å². The Labute approximate surface area is 173 Å². The van der Waals surface area contributed by atoms with Crippen molar-refractivity contribution in [2.45, 2.75) is 110 Å². The Morgan fingerprint density at radius 3 is 1.46 bits per heavy atom. The SMILES string of the molecule is CCO[Si](C)(C)CSC(C)CN([Si](CC)(CC)CC)[Si](CC)(CC)CC. The summed E-state index contributed by atoms with van der Waals surface area (Å²) in [5, 5.41) is 1.95. The van der Waals surface area contributed by atoms with Crippen LogP contribution in [0.25, 0.3) is 0 Å². The monoisotopic (exact) mass is 435 g/mol. The standard InChI is InChI=1S/C20H49NOSSi3/c1-11-22-24(9,10)19-23-20(8)18-21(25(12-2,13-3)14-4)26(15-5,16-6)17-7/h20H,11-19H2,1-10H3. The van der Waals surface area contributed by atoms with E-state index in [0.29, 0.717) is 0 Å². The molecule has 0 aromatic heterocycles. The van der Waals surface area contributed by atoms with Gasteiger partial charge in [0.2, 0.25) is 0 Å². The molecular weight excluding hydrogens is 387 g/mol. The lowest BCUT2D eigenvalue weighted by Crippen LogP contribution is -2.67. The van der Waals surface area contributed by atoms with Crippen LogP contribution in [0.1, 0.15) is 55.4 Å². The maximum absolute atomic E-state index is 6.07. The first-order valence-electron chi connectivity index (χ1n) is 11.2. The van der Waals surface area contributed by atoms with E-state index in [2.05, 4.69) is 84.5 Å². The Morgan fingerprint density at radius 1 is 0.769 bits per heavy atom. The molecule has 0 aliphatic carbocycles. The van der Waals surface area contributed by atoms with Gasteiger partial charge in [0.15, 0.2) is 8.32 Å². The summed E-state index contributed by atoms with van der Waals surface area (Å²) in [7, 11) is -4.16. The fourth-order valence-corrected chi connectivity index (χ4v) is 22.5. The van der Waals surface area contributed by atoms with Crippen LogP contribution in [0, 0.1) is 0 Å². The van der Waals surface area contributed by atoms with Crippen molar-refractivity contribution in [2.24, 2.45) is 0 Å². The summed E-state index contributed by atoms with van der Waals surface area (Å²) < 4.78 is 9.30. The van der Waals surface area contributed by atoms with Gasteiger partial charge < -0.3 is 8.66 Å². The molecule has 2 nitrogen and oxygen atoms in total. The normalized spacial score (nSPS) is 14.9. The number of hydrogen-bond donors (Lipinski definition) is 0. The van der Waals surface area contributed by atoms with Gasteiger partial charge in [-0.15, -0.1) is 0 Å². The minimum Gasteiger partial charge on any atom is -0.417 e. The lowest BCUT2D eigenvalue weighted by Gasteiger charge is -2.53. The molecule has 0 fully saturated rings. The molecule has 1 unspecified atom stereocenters. The summed E-state index contributed by atoms with van der Waals surface area (Å²) in [6.45, 7) is 26.5. The van der Waals surface area contributed by atoms with E-state index in [1.54, 1.807) is 0 Å². The minimum absolute atomic E-state index is 0.718. The molecule has 1 atom stereocenters. The average Bonchev–Trinajstić information content (AvgIpc) is 2.63. The first kappa shape index (κ1) is 26.9. The molecule has 0 N–H and O–H groups in total. The van der Waals surface area contributed by atoms with Crippen molar-refractivity contribution in [3.63, 3.8) is 0 Å². The lowest BCUT2D eigenvalue weighted by atomic mass is 10.5. The molecule has 0 heterocycles. The summed E-state index contributed by atoms with van der Waals surface area (Å²) in [5.74, 6) is 0. The second-order valence-corrected chi connectivity index (χ2v) is 25.3. The summed E-state index contributed by atoms with van der Waals surface area (Å²) >= 11 is 2.19. The fourth-order valence-electron chi connectivity index (χ4n) is 4.62. The maximum Gasteiger partial charge on any atom is 0.196 e. The van der Waals surface area contributed by atoms with Gasteiger partial charge in [-0.1, -0.05) is 48.5 Å². The number of nitrogens with zero attached hydrogens (tertiary/aromatic N) is 1. The van der Waals surface area contributed by atoms with E-state index in [-0.39, 0.29) is 0 Å². The highest BCUT2D eigenvalue weighted by Crippen LogP contribution is 2.37. The molecule has 6 heteroatoms. The highest BCUT2D eigenvalue weighted by atomic mass is 32.2. The van der Waals surface area contributed by atoms with Crippen molar-refractivity contribution in [3.05, 3.63) is 0 Å². The van der Waals surface area contributed by atoms with E-state index in [1.165, 1.54) is 48.2 Å². The Bertz CT molecular complexity index is 338. The molecule has 0 radical (unpaired) electrons. The number of thioether (sulfide) groups is 1. The van der Waals surface area contributed by atoms with E-state index < -0.39 is 24.8 Å². The first-order chi connectivity index (χ1) is 12.2. The fraction of sp³-hybridized carbons (Fsp3) is 1.00. The molecular formula is C20H49NOSSi3. The van der Waals surface area contributed by atoms with Crippen molar-refractivity contribution in [2.75, 3.05) is 18.5 Å². The van der Waals surface area contributed by atoms with Crippen molar-refractivity contribution < 1.29 is 4.43 Å². The topological polar surface area (TPSA) is 12.5 Å². The third kappa shape index (κ3) is 7.07. The van der Waals surface area contributed by atoms with E-state index in [4.69, 9.17) is 4.43 Å². The third-order valence-electron chi connectivity index (χ3n) is 6.78.